The Balaban J connectivity index is 1.86. The van der Waals surface area contributed by atoms with Crippen molar-refractivity contribution in [3.05, 3.63) is 59.1 Å². The van der Waals surface area contributed by atoms with Gasteiger partial charge < -0.3 is 9.47 Å². The fourth-order valence-electron chi connectivity index (χ4n) is 2.94. The number of hydrogen-bond acceptors (Lipinski definition) is 4. The van der Waals surface area contributed by atoms with Crippen LogP contribution < -0.4 is 4.74 Å². The van der Waals surface area contributed by atoms with E-state index in [0.717, 1.165) is 17.7 Å². The van der Waals surface area contributed by atoms with Gasteiger partial charge in [0.1, 0.15) is 5.75 Å². The van der Waals surface area contributed by atoms with E-state index in [-0.39, 0.29) is 34.9 Å². The SMILES string of the molecule is CC1CN(S(=O)(=O)c2ccc(OC(F)F)c(Cl)c2)CC(c2ccccc2)O1. The van der Waals surface area contributed by atoms with Gasteiger partial charge in [-0.1, -0.05) is 41.9 Å². The van der Waals surface area contributed by atoms with Crippen molar-refractivity contribution in [1.29, 1.82) is 0 Å². The molecule has 3 rings (SSSR count). The second kappa shape index (κ2) is 8.10. The first-order valence-electron chi connectivity index (χ1n) is 8.22. The van der Waals surface area contributed by atoms with Crippen molar-refractivity contribution in [3.63, 3.8) is 0 Å². The van der Waals surface area contributed by atoms with Crippen LogP contribution in [0.2, 0.25) is 5.02 Å². The Morgan fingerprint density at radius 3 is 2.52 bits per heavy atom. The molecule has 0 N–H and O–H groups in total. The first-order valence-corrected chi connectivity index (χ1v) is 10.0. The third-order valence-electron chi connectivity index (χ3n) is 4.16. The zero-order valence-electron chi connectivity index (χ0n) is 14.4. The molecule has 1 saturated heterocycles. The fourth-order valence-corrected chi connectivity index (χ4v) is 4.78. The van der Waals surface area contributed by atoms with Crippen LogP contribution in [0.1, 0.15) is 18.6 Å². The van der Waals surface area contributed by atoms with Crippen molar-refractivity contribution in [2.24, 2.45) is 0 Å². The average molecular weight is 418 g/mol. The molecule has 5 nitrogen and oxygen atoms in total. The summed E-state index contributed by atoms with van der Waals surface area (Å²) in [6.45, 7) is -0.927. The van der Waals surface area contributed by atoms with Gasteiger partial charge in [0.05, 0.1) is 22.1 Å². The van der Waals surface area contributed by atoms with Crippen LogP contribution in [0.25, 0.3) is 0 Å². The summed E-state index contributed by atoms with van der Waals surface area (Å²) in [5, 5.41) is -0.197. The molecule has 1 fully saturated rings. The number of morpholine rings is 1. The molecule has 1 aliphatic rings. The number of ether oxygens (including phenoxy) is 2. The van der Waals surface area contributed by atoms with E-state index < -0.39 is 22.7 Å². The van der Waals surface area contributed by atoms with E-state index in [0.29, 0.717) is 0 Å². The average Bonchev–Trinajstić information content (AvgIpc) is 2.63. The van der Waals surface area contributed by atoms with E-state index in [1.165, 1.54) is 10.4 Å². The Bertz CT molecular complexity index is 895. The predicted molar refractivity (Wildman–Crippen MR) is 96.6 cm³/mol. The summed E-state index contributed by atoms with van der Waals surface area (Å²) >= 11 is 5.91. The van der Waals surface area contributed by atoms with Crippen LogP contribution in [0.3, 0.4) is 0 Å². The minimum absolute atomic E-state index is 0.0879. The Hall–Kier alpha value is -1.74. The van der Waals surface area contributed by atoms with Crippen molar-refractivity contribution >= 4 is 21.6 Å². The molecule has 0 saturated carbocycles. The van der Waals surface area contributed by atoms with Gasteiger partial charge in [-0.05, 0) is 30.7 Å². The van der Waals surface area contributed by atoms with Crippen LogP contribution in [0.15, 0.2) is 53.4 Å². The molecule has 2 unspecified atom stereocenters. The van der Waals surface area contributed by atoms with Gasteiger partial charge >= 0.3 is 6.61 Å². The second-order valence-electron chi connectivity index (χ2n) is 6.14. The molecular formula is C18H18ClF2NO4S. The number of hydrogen-bond donors (Lipinski definition) is 0. The topological polar surface area (TPSA) is 55.8 Å². The summed E-state index contributed by atoms with van der Waals surface area (Å²) in [7, 11) is -3.88. The molecule has 27 heavy (non-hydrogen) atoms. The highest BCUT2D eigenvalue weighted by Gasteiger charge is 2.34. The highest BCUT2D eigenvalue weighted by Crippen LogP contribution is 2.32. The Labute approximate surface area is 161 Å². The molecule has 9 heteroatoms. The molecule has 2 aromatic rings. The number of benzene rings is 2. The molecule has 0 amide bonds. The molecule has 146 valence electrons. The van der Waals surface area contributed by atoms with Crippen LogP contribution in [0.5, 0.6) is 5.75 Å². The number of nitrogens with zero attached hydrogens (tertiary/aromatic N) is 1. The highest BCUT2D eigenvalue weighted by molar-refractivity contribution is 7.89. The minimum Gasteiger partial charge on any atom is -0.433 e. The molecule has 0 aliphatic carbocycles. The summed E-state index contributed by atoms with van der Waals surface area (Å²) in [6, 6.07) is 12.8. The van der Waals surface area contributed by atoms with Crippen LogP contribution in [0, 0.1) is 0 Å². The number of rotatable bonds is 5. The van der Waals surface area contributed by atoms with Gasteiger partial charge in [0.15, 0.2) is 0 Å². The summed E-state index contributed by atoms with van der Waals surface area (Å²) in [5.41, 5.74) is 0.878. The maximum absolute atomic E-state index is 13.0. The van der Waals surface area contributed by atoms with Gasteiger partial charge in [-0.2, -0.15) is 13.1 Å². The van der Waals surface area contributed by atoms with Gasteiger partial charge in [0.25, 0.3) is 0 Å². The Morgan fingerprint density at radius 2 is 1.89 bits per heavy atom. The molecule has 1 heterocycles. The van der Waals surface area contributed by atoms with Gasteiger partial charge in [-0.25, -0.2) is 8.42 Å². The summed E-state index contributed by atoms with van der Waals surface area (Å²) < 4.78 is 62.2. The first-order chi connectivity index (χ1) is 12.8. The third-order valence-corrected chi connectivity index (χ3v) is 6.28. The van der Waals surface area contributed by atoms with E-state index in [1.807, 2.05) is 30.3 Å². The van der Waals surface area contributed by atoms with Crippen LogP contribution >= 0.6 is 11.6 Å². The lowest BCUT2D eigenvalue weighted by molar-refractivity contribution is -0.0557. The third kappa shape index (κ3) is 4.57. The molecule has 2 aromatic carbocycles. The standard InChI is InChI=1S/C18H18ClF2NO4S/c1-12-10-22(11-17(25-12)13-5-3-2-4-6-13)27(23,24)14-7-8-16(15(19)9-14)26-18(20)21/h2-9,12,17-18H,10-11H2,1H3. The maximum Gasteiger partial charge on any atom is 0.387 e. The number of sulfonamides is 1. The summed E-state index contributed by atoms with van der Waals surface area (Å²) in [6.07, 6.45) is -0.711. The normalized spacial score (nSPS) is 21.4. The van der Waals surface area contributed by atoms with E-state index >= 15 is 0 Å². The van der Waals surface area contributed by atoms with Crippen molar-refractivity contribution in [2.45, 2.75) is 30.6 Å². The van der Waals surface area contributed by atoms with Gasteiger partial charge in [0, 0.05) is 13.1 Å². The van der Waals surface area contributed by atoms with E-state index in [4.69, 9.17) is 16.3 Å². The second-order valence-corrected chi connectivity index (χ2v) is 8.48. The lowest BCUT2D eigenvalue weighted by Crippen LogP contribution is -2.45. The maximum atomic E-state index is 13.0. The van der Waals surface area contributed by atoms with E-state index in [9.17, 15) is 17.2 Å². The van der Waals surface area contributed by atoms with Crippen LogP contribution in [-0.4, -0.2) is 38.5 Å². The van der Waals surface area contributed by atoms with Crippen LogP contribution in [0.4, 0.5) is 8.78 Å². The smallest absolute Gasteiger partial charge is 0.387 e. The molecule has 0 radical (unpaired) electrons. The molecule has 0 bridgehead atoms. The zero-order chi connectivity index (χ0) is 19.6. The molecule has 1 aliphatic heterocycles. The highest BCUT2D eigenvalue weighted by atomic mass is 35.5. The van der Waals surface area contributed by atoms with Crippen molar-refractivity contribution in [2.75, 3.05) is 13.1 Å². The van der Waals surface area contributed by atoms with Gasteiger partial charge in [-0.3, -0.25) is 0 Å². The largest absolute Gasteiger partial charge is 0.433 e. The summed E-state index contributed by atoms with van der Waals surface area (Å²) in [4.78, 5) is -0.0879. The quantitative estimate of drug-likeness (QED) is 0.735. The number of halogens is 3. The summed E-state index contributed by atoms with van der Waals surface area (Å²) in [5.74, 6) is -0.275. The van der Waals surface area contributed by atoms with E-state index in [1.54, 1.807) is 6.92 Å². The molecular weight excluding hydrogens is 400 g/mol. The van der Waals surface area contributed by atoms with Crippen LogP contribution in [-0.2, 0) is 14.8 Å². The molecule has 2 atom stereocenters. The molecule has 0 aromatic heterocycles. The van der Waals surface area contributed by atoms with Crippen molar-refractivity contribution in [1.82, 2.24) is 4.31 Å². The minimum atomic E-state index is -3.88. The lowest BCUT2D eigenvalue weighted by Gasteiger charge is -2.36. The fraction of sp³-hybridized carbons (Fsp3) is 0.333. The van der Waals surface area contributed by atoms with Gasteiger partial charge in [0.2, 0.25) is 10.0 Å². The van der Waals surface area contributed by atoms with E-state index in [2.05, 4.69) is 4.74 Å². The Kier molecular flexibility index (Phi) is 6.00. The predicted octanol–water partition coefficient (Wildman–Crippen LogP) is 4.09. The monoisotopic (exact) mass is 417 g/mol. The van der Waals surface area contributed by atoms with Crippen molar-refractivity contribution in [3.8, 4) is 5.75 Å². The molecule has 0 spiro atoms. The number of alkyl halides is 2. The Morgan fingerprint density at radius 1 is 1.19 bits per heavy atom. The lowest BCUT2D eigenvalue weighted by atomic mass is 10.1. The zero-order valence-corrected chi connectivity index (χ0v) is 16.0. The van der Waals surface area contributed by atoms with Crippen molar-refractivity contribution < 1.29 is 26.7 Å². The first kappa shape index (κ1) is 20.0. The van der Waals surface area contributed by atoms with Gasteiger partial charge in [-0.15, -0.1) is 0 Å².